The smallest absolute Gasteiger partial charge is 0.240 e. The molecule has 3 rings (SSSR count). The third-order valence-electron chi connectivity index (χ3n) is 4.04. The maximum absolute atomic E-state index is 6.83. The maximum atomic E-state index is 6.83. The summed E-state index contributed by atoms with van der Waals surface area (Å²) in [6.45, 7) is 6.91. The summed E-state index contributed by atoms with van der Waals surface area (Å²) in [5, 5.41) is 3.41. The molecule has 0 bridgehead atoms. The lowest BCUT2D eigenvalue weighted by molar-refractivity contribution is 0.0976. The zero-order chi connectivity index (χ0) is 15.6. The topological polar surface area (TPSA) is 9.23 Å². The quantitative estimate of drug-likeness (QED) is 0.616. The van der Waals surface area contributed by atoms with E-state index in [1.165, 1.54) is 16.1 Å². The third kappa shape index (κ3) is 3.83. The van der Waals surface area contributed by atoms with Crippen LogP contribution in [0.15, 0.2) is 60.7 Å². The summed E-state index contributed by atoms with van der Waals surface area (Å²) in [6.07, 6.45) is 0.328. The largest absolute Gasteiger partial charge is 0.406 e. The first-order chi connectivity index (χ1) is 10.6. The van der Waals surface area contributed by atoms with E-state index >= 15 is 0 Å². The molecule has 0 amide bonds. The first-order valence-corrected chi connectivity index (χ1v) is 10.6. The van der Waals surface area contributed by atoms with Crippen molar-refractivity contribution in [3.8, 4) is 0 Å². The van der Waals surface area contributed by atoms with Crippen molar-refractivity contribution in [2.75, 3.05) is 5.75 Å². The third-order valence-corrected chi connectivity index (χ3v) is 7.55. The molecule has 1 fully saturated rings. The highest BCUT2D eigenvalue weighted by molar-refractivity contribution is 8.07. The lowest BCUT2D eigenvalue weighted by atomic mass is 9.88. The summed E-state index contributed by atoms with van der Waals surface area (Å²) in [5.74, 6) is 1.24. The highest BCUT2D eigenvalue weighted by Crippen LogP contribution is 2.42. The minimum Gasteiger partial charge on any atom is -0.406 e. The molecular formula is C19H24OSSi. The molecule has 0 N–H and O–H groups in total. The number of thioether (sulfide) groups is 1. The molecule has 0 radical (unpaired) electrons. The van der Waals surface area contributed by atoms with Gasteiger partial charge in [-0.15, -0.1) is 0 Å². The Morgan fingerprint density at radius 1 is 0.955 bits per heavy atom. The van der Waals surface area contributed by atoms with Gasteiger partial charge in [0.05, 0.1) is 6.10 Å². The highest BCUT2D eigenvalue weighted by Gasteiger charge is 2.42. The van der Waals surface area contributed by atoms with E-state index in [1.54, 1.807) is 0 Å². The average molecular weight is 329 g/mol. The second kappa shape index (κ2) is 6.61. The van der Waals surface area contributed by atoms with Gasteiger partial charge < -0.3 is 4.43 Å². The number of hydrogen-bond acceptors (Lipinski definition) is 2. The predicted octanol–water partition coefficient (Wildman–Crippen LogP) is 3.07. The van der Waals surface area contributed by atoms with Gasteiger partial charge in [-0.25, -0.2) is 0 Å². The van der Waals surface area contributed by atoms with Gasteiger partial charge in [0, 0.05) is 11.0 Å². The Labute approximate surface area is 139 Å². The second-order valence-electron chi connectivity index (χ2n) is 7.00. The Hall–Kier alpha value is -1.03. The molecule has 0 aromatic heterocycles. The molecule has 0 saturated carbocycles. The van der Waals surface area contributed by atoms with Crippen LogP contribution in [0.2, 0.25) is 0 Å². The van der Waals surface area contributed by atoms with Gasteiger partial charge in [0.15, 0.2) is 0 Å². The van der Waals surface area contributed by atoms with E-state index in [4.69, 9.17) is 4.43 Å². The van der Waals surface area contributed by atoms with Gasteiger partial charge in [0.2, 0.25) is 9.04 Å². The fraction of sp³-hybridized carbons (Fsp3) is 0.368. The molecule has 1 nitrogen and oxygen atoms in total. The molecule has 0 aliphatic carbocycles. The van der Waals surface area contributed by atoms with Gasteiger partial charge in [-0.2, -0.15) is 11.8 Å². The number of rotatable bonds is 5. The molecule has 116 valence electrons. The standard InChI is InChI=1S/C19H24OSSi/c1-19(2,3)18(17-14-21-17)20-22(15-10-6-4-7-11-15)16-12-8-5-9-13-16/h4-13,17-18,22H,14H2,1-3H3/t17-,18?/m0/s1. The van der Waals surface area contributed by atoms with Gasteiger partial charge >= 0.3 is 0 Å². The summed E-state index contributed by atoms with van der Waals surface area (Å²) < 4.78 is 6.83. The Kier molecular flexibility index (Phi) is 4.76. The van der Waals surface area contributed by atoms with Crippen LogP contribution in [0.4, 0.5) is 0 Å². The molecule has 2 atom stereocenters. The van der Waals surface area contributed by atoms with Crippen molar-refractivity contribution in [3.63, 3.8) is 0 Å². The van der Waals surface area contributed by atoms with Crippen LogP contribution >= 0.6 is 11.8 Å². The first-order valence-electron chi connectivity index (χ1n) is 7.92. The minimum absolute atomic E-state index is 0.184. The Morgan fingerprint density at radius 2 is 1.41 bits per heavy atom. The molecule has 22 heavy (non-hydrogen) atoms. The summed E-state index contributed by atoms with van der Waals surface area (Å²) >= 11 is 2.03. The van der Waals surface area contributed by atoms with Crippen LogP contribution in [0.5, 0.6) is 0 Å². The lowest BCUT2D eigenvalue weighted by Gasteiger charge is -2.34. The number of benzene rings is 2. The predicted molar refractivity (Wildman–Crippen MR) is 99.9 cm³/mol. The molecule has 3 heteroatoms. The van der Waals surface area contributed by atoms with Crippen molar-refractivity contribution < 1.29 is 4.43 Å². The van der Waals surface area contributed by atoms with Crippen LogP contribution in [0.3, 0.4) is 0 Å². The highest BCUT2D eigenvalue weighted by atomic mass is 32.2. The van der Waals surface area contributed by atoms with Crippen molar-refractivity contribution in [3.05, 3.63) is 60.7 Å². The van der Waals surface area contributed by atoms with Gasteiger partial charge in [0.1, 0.15) is 0 Å². The van der Waals surface area contributed by atoms with Crippen LogP contribution in [-0.4, -0.2) is 26.1 Å². The minimum atomic E-state index is -1.64. The molecule has 1 unspecified atom stereocenters. The Balaban J connectivity index is 1.92. The summed E-state index contributed by atoms with van der Waals surface area (Å²) in [7, 11) is -1.64. The molecule has 1 aliphatic heterocycles. The van der Waals surface area contributed by atoms with Crippen molar-refractivity contribution in [1.82, 2.24) is 0 Å². The zero-order valence-corrected chi connectivity index (χ0v) is 15.5. The van der Waals surface area contributed by atoms with E-state index in [0.29, 0.717) is 11.4 Å². The summed E-state index contributed by atoms with van der Waals surface area (Å²) in [4.78, 5) is 0. The SMILES string of the molecule is CC(C)(C)C(O[SiH](c1ccccc1)c1ccccc1)[C@@H]1CS1. The van der Waals surface area contributed by atoms with Crippen LogP contribution in [0.1, 0.15) is 20.8 Å². The van der Waals surface area contributed by atoms with Crippen molar-refractivity contribution in [2.24, 2.45) is 5.41 Å². The number of hydrogen-bond donors (Lipinski definition) is 0. The van der Waals surface area contributed by atoms with Crippen LogP contribution in [-0.2, 0) is 4.43 Å². The second-order valence-corrected chi connectivity index (χ2v) is 10.6. The molecule has 1 saturated heterocycles. The molecule has 2 aromatic rings. The molecule has 2 aromatic carbocycles. The van der Waals surface area contributed by atoms with E-state index in [-0.39, 0.29) is 5.41 Å². The first kappa shape index (κ1) is 15.8. The molecular weight excluding hydrogens is 304 g/mol. The molecule has 1 heterocycles. The van der Waals surface area contributed by atoms with Crippen molar-refractivity contribution in [2.45, 2.75) is 32.1 Å². The monoisotopic (exact) mass is 328 g/mol. The van der Waals surface area contributed by atoms with Gasteiger partial charge in [0.25, 0.3) is 0 Å². The van der Waals surface area contributed by atoms with Gasteiger partial charge in [-0.3, -0.25) is 0 Å². The molecule has 0 spiro atoms. The van der Waals surface area contributed by atoms with Gasteiger partial charge in [-0.1, -0.05) is 81.4 Å². The van der Waals surface area contributed by atoms with Crippen LogP contribution < -0.4 is 10.4 Å². The fourth-order valence-electron chi connectivity index (χ4n) is 2.83. The van der Waals surface area contributed by atoms with E-state index in [9.17, 15) is 0 Å². The Morgan fingerprint density at radius 3 is 1.77 bits per heavy atom. The summed E-state index contributed by atoms with van der Waals surface area (Å²) in [5.41, 5.74) is 0.184. The zero-order valence-electron chi connectivity index (χ0n) is 13.5. The van der Waals surface area contributed by atoms with E-state index < -0.39 is 9.04 Å². The molecule has 1 aliphatic rings. The van der Waals surface area contributed by atoms with Crippen LogP contribution in [0.25, 0.3) is 0 Å². The Bertz CT molecular complexity index is 550. The normalized spacial score (nSPS) is 19.2. The fourth-order valence-corrected chi connectivity index (χ4v) is 6.61. The summed E-state index contributed by atoms with van der Waals surface area (Å²) in [6, 6.07) is 21.6. The van der Waals surface area contributed by atoms with E-state index in [2.05, 4.69) is 81.4 Å². The van der Waals surface area contributed by atoms with Crippen LogP contribution in [0, 0.1) is 5.41 Å². The van der Waals surface area contributed by atoms with Gasteiger partial charge in [-0.05, 0) is 15.8 Å². The lowest BCUT2D eigenvalue weighted by Crippen LogP contribution is -2.51. The van der Waals surface area contributed by atoms with E-state index in [0.717, 1.165) is 0 Å². The van der Waals surface area contributed by atoms with Crippen molar-refractivity contribution >= 4 is 31.2 Å². The van der Waals surface area contributed by atoms with E-state index in [1.807, 2.05) is 11.8 Å². The average Bonchev–Trinajstić information content (AvgIpc) is 3.33. The van der Waals surface area contributed by atoms with Crippen molar-refractivity contribution in [1.29, 1.82) is 0 Å². The maximum Gasteiger partial charge on any atom is 0.240 e.